The summed E-state index contributed by atoms with van der Waals surface area (Å²) in [6, 6.07) is 2.91. The van der Waals surface area contributed by atoms with Crippen molar-refractivity contribution < 1.29 is 8.78 Å². The summed E-state index contributed by atoms with van der Waals surface area (Å²) in [6.45, 7) is 4.98. The average molecular weight is 244 g/mol. The van der Waals surface area contributed by atoms with Crippen molar-refractivity contribution in [2.45, 2.75) is 13.8 Å². The lowest BCUT2D eigenvalue weighted by Crippen LogP contribution is -2.24. The Hall–Kier alpha value is -1.23. The minimum Gasteiger partial charge on any atom is -0.389 e. The summed E-state index contributed by atoms with van der Waals surface area (Å²) >= 11 is 4.63. The molecule has 0 unspecified atom stereocenters. The zero-order valence-electron chi connectivity index (χ0n) is 9.26. The molecule has 0 aliphatic carbocycles. The van der Waals surface area contributed by atoms with Crippen molar-refractivity contribution in [3.63, 3.8) is 0 Å². The van der Waals surface area contributed by atoms with Gasteiger partial charge in [0.1, 0.15) is 4.99 Å². The first-order chi connectivity index (χ1) is 7.52. The molecule has 5 heteroatoms. The van der Waals surface area contributed by atoms with E-state index in [0.717, 1.165) is 0 Å². The molecule has 0 heterocycles. The van der Waals surface area contributed by atoms with E-state index < -0.39 is 11.6 Å². The van der Waals surface area contributed by atoms with Crippen molar-refractivity contribution in [2.75, 3.05) is 18.0 Å². The van der Waals surface area contributed by atoms with E-state index in [4.69, 9.17) is 5.73 Å². The molecule has 0 saturated heterocycles. The highest BCUT2D eigenvalue weighted by atomic mass is 32.1. The van der Waals surface area contributed by atoms with E-state index >= 15 is 0 Å². The summed E-state index contributed by atoms with van der Waals surface area (Å²) < 4.78 is 27.3. The lowest BCUT2D eigenvalue weighted by molar-refractivity contribution is 0.505. The largest absolute Gasteiger partial charge is 0.389 e. The van der Waals surface area contributed by atoms with E-state index in [9.17, 15) is 8.78 Å². The lowest BCUT2D eigenvalue weighted by atomic mass is 10.1. The van der Waals surface area contributed by atoms with Crippen LogP contribution in [0.2, 0.25) is 0 Å². The quantitative estimate of drug-likeness (QED) is 0.825. The first-order valence-electron chi connectivity index (χ1n) is 5.05. The SMILES string of the molecule is CCN(CC)c1ccc(C(N)=S)c(F)c1F. The topological polar surface area (TPSA) is 29.3 Å². The van der Waals surface area contributed by atoms with Crippen LogP contribution < -0.4 is 10.6 Å². The van der Waals surface area contributed by atoms with Gasteiger partial charge < -0.3 is 10.6 Å². The van der Waals surface area contributed by atoms with Gasteiger partial charge in [-0.15, -0.1) is 0 Å². The molecule has 1 aromatic rings. The number of rotatable bonds is 4. The van der Waals surface area contributed by atoms with Crippen molar-refractivity contribution in [1.29, 1.82) is 0 Å². The van der Waals surface area contributed by atoms with Crippen LogP contribution in [0.4, 0.5) is 14.5 Å². The van der Waals surface area contributed by atoms with Crippen molar-refractivity contribution in [3.05, 3.63) is 29.3 Å². The van der Waals surface area contributed by atoms with Gasteiger partial charge in [-0.25, -0.2) is 8.78 Å². The smallest absolute Gasteiger partial charge is 0.182 e. The Balaban J connectivity index is 3.26. The van der Waals surface area contributed by atoms with Crippen LogP contribution in [-0.4, -0.2) is 18.1 Å². The molecule has 0 radical (unpaired) electrons. The van der Waals surface area contributed by atoms with E-state index in [1.165, 1.54) is 12.1 Å². The Labute approximate surface area is 99.0 Å². The maximum absolute atomic E-state index is 13.7. The summed E-state index contributed by atoms with van der Waals surface area (Å²) in [6.07, 6.45) is 0. The van der Waals surface area contributed by atoms with Crippen LogP contribution in [0, 0.1) is 11.6 Å². The highest BCUT2D eigenvalue weighted by Crippen LogP contribution is 2.24. The zero-order chi connectivity index (χ0) is 12.3. The van der Waals surface area contributed by atoms with Crippen LogP contribution in [0.3, 0.4) is 0 Å². The predicted octanol–water partition coefficient (Wildman–Crippen LogP) is 2.45. The molecule has 2 nitrogen and oxygen atoms in total. The van der Waals surface area contributed by atoms with Crippen molar-refractivity contribution in [3.8, 4) is 0 Å². The van der Waals surface area contributed by atoms with Crippen LogP contribution in [0.25, 0.3) is 0 Å². The average Bonchev–Trinajstić information content (AvgIpc) is 2.25. The number of hydrogen-bond acceptors (Lipinski definition) is 2. The minimum absolute atomic E-state index is 0.0524. The minimum atomic E-state index is -0.975. The Morgan fingerprint density at radius 3 is 2.25 bits per heavy atom. The van der Waals surface area contributed by atoms with Crippen LogP contribution in [0.1, 0.15) is 19.4 Å². The molecule has 0 fully saturated rings. The third-order valence-corrected chi connectivity index (χ3v) is 2.65. The third-order valence-electron chi connectivity index (χ3n) is 2.43. The molecule has 16 heavy (non-hydrogen) atoms. The van der Waals surface area contributed by atoms with Gasteiger partial charge in [-0.3, -0.25) is 0 Å². The fourth-order valence-corrected chi connectivity index (χ4v) is 1.70. The van der Waals surface area contributed by atoms with Gasteiger partial charge in [0.25, 0.3) is 0 Å². The number of nitrogens with zero attached hydrogens (tertiary/aromatic N) is 1. The van der Waals surface area contributed by atoms with Gasteiger partial charge in [0.05, 0.1) is 5.69 Å². The van der Waals surface area contributed by atoms with Crippen LogP contribution in [0.5, 0.6) is 0 Å². The summed E-state index contributed by atoms with van der Waals surface area (Å²) in [5.74, 6) is -1.87. The fourth-order valence-electron chi connectivity index (χ4n) is 1.54. The second kappa shape index (κ2) is 5.21. The molecule has 0 aliphatic rings. The van der Waals surface area contributed by atoms with E-state index in [0.29, 0.717) is 13.1 Å². The van der Waals surface area contributed by atoms with Gasteiger partial charge in [0.15, 0.2) is 11.6 Å². The Morgan fingerprint density at radius 1 is 1.25 bits per heavy atom. The van der Waals surface area contributed by atoms with Gasteiger partial charge in [0, 0.05) is 18.7 Å². The number of hydrogen-bond donors (Lipinski definition) is 1. The molecular formula is C11H14F2N2S. The molecule has 1 rings (SSSR count). The van der Waals surface area contributed by atoms with Crippen LogP contribution in [0.15, 0.2) is 12.1 Å². The predicted molar refractivity (Wildman–Crippen MR) is 65.8 cm³/mol. The summed E-state index contributed by atoms with van der Waals surface area (Å²) in [5.41, 5.74) is 5.47. The molecule has 0 amide bonds. The first-order valence-corrected chi connectivity index (χ1v) is 5.46. The van der Waals surface area contributed by atoms with Crippen LogP contribution >= 0.6 is 12.2 Å². The Kier molecular flexibility index (Phi) is 4.18. The fraction of sp³-hybridized carbons (Fsp3) is 0.364. The van der Waals surface area contributed by atoms with Gasteiger partial charge in [-0.05, 0) is 26.0 Å². The van der Waals surface area contributed by atoms with Crippen molar-refractivity contribution in [2.24, 2.45) is 5.73 Å². The van der Waals surface area contributed by atoms with Crippen molar-refractivity contribution in [1.82, 2.24) is 0 Å². The normalized spacial score (nSPS) is 10.2. The van der Waals surface area contributed by atoms with E-state index in [1.807, 2.05) is 13.8 Å². The van der Waals surface area contributed by atoms with Crippen LogP contribution in [-0.2, 0) is 0 Å². The van der Waals surface area contributed by atoms with Gasteiger partial charge >= 0.3 is 0 Å². The molecule has 2 N–H and O–H groups in total. The second-order valence-corrected chi connectivity index (χ2v) is 3.74. The third kappa shape index (κ3) is 2.29. The van der Waals surface area contributed by atoms with Gasteiger partial charge in [-0.2, -0.15) is 0 Å². The Bertz CT molecular complexity index is 403. The zero-order valence-corrected chi connectivity index (χ0v) is 10.1. The van der Waals surface area contributed by atoms with E-state index in [-0.39, 0.29) is 16.2 Å². The number of nitrogens with two attached hydrogens (primary N) is 1. The monoisotopic (exact) mass is 244 g/mol. The summed E-state index contributed by atoms with van der Waals surface area (Å²) in [7, 11) is 0. The molecule has 0 saturated carbocycles. The van der Waals surface area contributed by atoms with Gasteiger partial charge in [0.2, 0.25) is 0 Å². The highest BCUT2D eigenvalue weighted by Gasteiger charge is 2.17. The summed E-state index contributed by atoms with van der Waals surface area (Å²) in [5, 5.41) is 0. The molecule has 1 aromatic carbocycles. The molecule has 0 aliphatic heterocycles. The molecule has 0 spiro atoms. The first kappa shape index (κ1) is 12.8. The Morgan fingerprint density at radius 2 is 1.81 bits per heavy atom. The van der Waals surface area contributed by atoms with E-state index in [2.05, 4.69) is 12.2 Å². The molecule has 0 bridgehead atoms. The van der Waals surface area contributed by atoms with E-state index in [1.54, 1.807) is 4.90 Å². The highest BCUT2D eigenvalue weighted by molar-refractivity contribution is 7.80. The maximum atomic E-state index is 13.7. The lowest BCUT2D eigenvalue weighted by Gasteiger charge is -2.22. The molecule has 0 aromatic heterocycles. The van der Waals surface area contributed by atoms with Gasteiger partial charge in [-0.1, -0.05) is 12.2 Å². The molecule has 88 valence electrons. The standard InChI is InChI=1S/C11H14F2N2S/c1-3-15(4-2)8-6-5-7(11(14)16)9(12)10(8)13/h5-6H,3-4H2,1-2H3,(H2,14,16). The number of anilines is 1. The number of benzene rings is 1. The van der Waals surface area contributed by atoms with Crippen molar-refractivity contribution >= 4 is 22.9 Å². The molecular weight excluding hydrogens is 230 g/mol. The maximum Gasteiger partial charge on any atom is 0.182 e. The number of halogens is 2. The second-order valence-electron chi connectivity index (χ2n) is 3.30. The number of thiocarbonyl (C=S) groups is 1. The summed E-state index contributed by atoms with van der Waals surface area (Å²) in [4.78, 5) is 1.59. The molecule has 0 atom stereocenters.